The zero-order valence-electron chi connectivity index (χ0n) is 18.8. The smallest absolute Gasteiger partial charge is 0.00487 e. The van der Waals surface area contributed by atoms with Gasteiger partial charge in [0.25, 0.3) is 0 Å². The van der Waals surface area contributed by atoms with Gasteiger partial charge in [-0.1, -0.05) is 128 Å². The van der Waals surface area contributed by atoms with Crippen LogP contribution in [0.1, 0.15) is 56.1 Å². The van der Waals surface area contributed by atoms with E-state index in [1.165, 1.54) is 33.0 Å². The Hall–Kier alpha value is -3.12. The molecule has 0 aliphatic heterocycles. The Morgan fingerprint density at radius 2 is 1.65 bits per heavy atom. The van der Waals surface area contributed by atoms with Gasteiger partial charge in [0.15, 0.2) is 0 Å². The topological polar surface area (TPSA) is 0 Å². The van der Waals surface area contributed by atoms with E-state index in [1.54, 1.807) is 0 Å². The van der Waals surface area contributed by atoms with Crippen LogP contribution in [-0.4, -0.2) is 0 Å². The molecule has 31 heavy (non-hydrogen) atoms. The molecule has 3 aromatic carbocycles. The van der Waals surface area contributed by atoms with Gasteiger partial charge in [-0.25, -0.2) is 0 Å². The second kappa shape index (κ2) is 11.9. The Kier molecular flexibility index (Phi) is 8.67. The number of rotatable bonds is 11. The van der Waals surface area contributed by atoms with Gasteiger partial charge in [-0.2, -0.15) is 0 Å². The van der Waals surface area contributed by atoms with Crippen LogP contribution < -0.4 is 0 Å². The van der Waals surface area contributed by atoms with Crippen molar-refractivity contribution in [1.82, 2.24) is 0 Å². The average molecular weight is 407 g/mol. The quantitative estimate of drug-likeness (QED) is 0.220. The van der Waals surface area contributed by atoms with Crippen LogP contribution in [0.25, 0.3) is 16.8 Å². The van der Waals surface area contributed by atoms with Gasteiger partial charge >= 0.3 is 0 Å². The molecule has 0 saturated heterocycles. The number of fused-ring (bicyclic) bond motifs is 1. The van der Waals surface area contributed by atoms with E-state index in [-0.39, 0.29) is 0 Å². The highest BCUT2D eigenvalue weighted by molar-refractivity contribution is 5.90. The molecule has 158 valence electrons. The van der Waals surface area contributed by atoms with E-state index in [0.717, 1.165) is 32.1 Å². The molecule has 0 spiro atoms. The first kappa shape index (κ1) is 22.6. The van der Waals surface area contributed by atoms with Gasteiger partial charge in [0.2, 0.25) is 0 Å². The standard InChI is InChI=1S/C31H34/c1-4-14-26(5-2)23-24-30(27-16-7-6-8-17-27)25(3)15-9-10-18-28-20-13-21-29-19-11-12-22-31(28)29/h5-8,10-14,16-22,30H,2-4,9,15,23-24H2,1H3/b18-10+,26-14+. The molecule has 1 atom stereocenters. The Morgan fingerprint density at radius 1 is 0.903 bits per heavy atom. The van der Waals surface area contributed by atoms with Crippen LogP contribution in [0, 0.1) is 0 Å². The molecule has 3 aromatic rings. The minimum atomic E-state index is 0.382. The highest BCUT2D eigenvalue weighted by Crippen LogP contribution is 2.32. The van der Waals surface area contributed by atoms with E-state index in [9.17, 15) is 0 Å². The van der Waals surface area contributed by atoms with Crippen LogP contribution in [0.5, 0.6) is 0 Å². The van der Waals surface area contributed by atoms with Gasteiger partial charge in [0, 0.05) is 5.92 Å². The fourth-order valence-corrected chi connectivity index (χ4v) is 4.20. The Balaban J connectivity index is 1.66. The maximum Gasteiger partial charge on any atom is 0.00487 e. The SMILES string of the molecule is C=C/C(=C\CC)CCC(C(=C)CC/C=C/c1cccc2ccccc12)c1ccccc1. The van der Waals surface area contributed by atoms with Gasteiger partial charge in [-0.3, -0.25) is 0 Å². The zero-order chi connectivity index (χ0) is 21.9. The molecule has 0 aromatic heterocycles. The highest BCUT2D eigenvalue weighted by atomic mass is 14.2. The van der Waals surface area contributed by atoms with Crippen molar-refractivity contribution in [2.75, 3.05) is 0 Å². The van der Waals surface area contributed by atoms with Gasteiger partial charge in [-0.15, -0.1) is 0 Å². The van der Waals surface area contributed by atoms with Gasteiger partial charge in [0.1, 0.15) is 0 Å². The van der Waals surface area contributed by atoms with Crippen molar-refractivity contribution < 1.29 is 0 Å². The van der Waals surface area contributed by atoms with Crippen molar-refractivity contribution in [2.45, 2.75) is 44.9 Å². The molecular weight excluding hydrogens is 372 g/mol. The summed E-state index contributed by atoms with van der Waals surface area (Å²) in [6.45, 7) is 10.7. The van der Waals surface area contributed by atoms with Crippen molar-refractivity contribution >= 4 is 16.8 Å². The molecule has 3 rings (SSSR count). The van der Waals surface area contributed by atoms with E-state index in [2.05, 4.69) is 111 Å². The third-order valence-electron chi connectivity index (χ3n) is 5.90. The molecule has 0 nitrogen and oxygen atoms in total. The van der Waals surface area contributed by atoms with E-state index in [4.69, 9.17) is 0 Å². The molecule has 0 bridgehead atoms. The summed E-state index contributed by atoms with van der Waals surface area (Å²) in [5.41, 5.74) is 5.30. The third-order valence-corrected chi connectivity index (χ3v) is 5.90. The Labute approximate surface area is 188 Å². The summed E-state index contributed by atoms with van der Waals surface area (Å²) >= 11 is 0. The van der Waals surface area contributed by atoms with E-state index >= 15 is 0 Å². The summed E-state index contributed by atoms with van der Waals surface area (Å²) in [6.07, 6.45) is 14.0. The van der Waals surface area contributed by atoms with Crippen LogP contribution in [0.3, 0.4) is 0 Å². The molecule has 0 aliphatic rings. The van der Waals surface area contributed by atoms with E-state index in [1.807, 2.05) is 6.08 Å². The Bertz CT molecular complexity index is 1040. The van der Waals surface area contributed by atoms with Crippen molar-refractivity contribution in [3.8, 4) is 0 Å². The second-order valence-electron chi connectivity index (χ2n) is 8.06. The minimum Gasteiger partial charge on any atom is -0.0992 e. The van der Waals surface area contributed by atoms with E-state index < -0.39 is 0 Å². The molecule has 1 unspecified atom stereocenters. The lowest BCUT2D eigenvalue weighted by atomic mass is 9.84. The number of hydrogen-bond acceptors (Lipinski definition) is 0. The fourth-order valence-electron chi connectivity index (χ4n) is 4.20. The van der Waals surface area contributed by atoms with Crippen LogP contribution in [-0.2, 0) is 0 Å². The molecule has 0 aliphatic carbocycles. The highest BCUT2D eigenvalue weighted by Gasteiger charge is 2.15. The molecule has 0 fully saturated rings. The number of benzene rings is 3. The van der Waals surface area contributed by atoms with Gasteiger partial charge in [0.05, 0.1) is 0 Å². The average Bonchev–Trinajstić information content (AvgIpc) is 2.82. The monoisotopic (exact) mass is 406 g/mol. The molecule has 0 amide bonds. The van der Waals surface area contributed by atoms with Gasteiger partial charge < -0.3 is 0 Å². The molecule has 0 radical (unpaired) electrons. The van der Waals surface area contributed by atoms with Crippen LogP contribution in [0.4, 0.5) is 0 Å². The zero-order valence-corrected chi connectivity index (χ0v) is 18.8. The minimum absolute atomic E-state index is 0.382. The van der Waals surface area contributed by atoms with Gasteiger partial charge in [-0.05, 0) is 54.0 Å². The summed E-state index contributed by atoms with van der Waals surface area (Å²) in [5, 5.41) is 2.60. The van der Waals surface area contributed by atoms with Crippen molar-refractivity contribution in [3.05, 3.63) is 126 Å². The van der Waals surface area contributed by atoms with Crippen LogP contribution in [0.2, 0.25) is 0 Å². The van der Waals surface area contributed by atoms with Crippen molar-refractivity contribution in [3.63, 3.8) is 0 Å². The lowest BCUT2D eigenvalue weighted by Crippen LogP contribution is -2.03. The maximum absolute atomic E-state index is 4.50. The summed E-state index contributed by atoms with van der Waals surface area (Å²) in [6, 6.07) is 25.9. The number of allylic oxidation sites excluding steroid dienone is 5. The molecule has 0 heteroatoms. The van der Waals surface area contributed by atoms with Crippen LogP contribution >= 0.6 is 0 Å². The molecule has 0 heterocycles. The molecule has 0 N–H and O–H groups in total. The predicted molar refractivity (Wildman–Crippen MR) is 138 cm³/mol. The van der Waals surface area contributed by atoms with Crippen LogP contribution in [0.15, 0.2) is 115 Å². The van der Waals surface area contributed by atoms with Crippen molar-refractivity contribution in [2.24, 2.45) is 0 Å². The predicted octanol–water partition coefficient (Wildman–Crippen LogP) is 9.28. The second-order valence-corrected chi connectivity index (χ2v) is 8.06. The fraction of sp³-hybridized carbons (Fsp3) is 0.226. The summed E-state index contributed by atoms with van der Waals surface area (Å²) in [5.74, 6) is 0.382. The van der Waals surface area contributed by atoms with Crippen molar-refractivity contribution in [1.29, 1.82) is 0 Å². The first-order valence-electron chi connectivity index (χ1n) is 11.4. The largest absolute Gasteiger partial charge is 0.0992 e. The lowest BCUT2D eigenvalue weighted by Gasteiger charge is -2.20. The third kappa shape index (κ3) is 6.43. The summed E-state index contributed by atoms with van der Waals surface area (Å²) in [7, 11) is 0. The molecule has 0 saturated carbocycles. The normalized spacial score (nSPS) is 12.9. The number of hydrogen-bond donors (Lipinski definition) is 0. The lowest BCUT2D eigenvalue weighted by molar-refractivity contribution is 0.676. The summed E-state index contributed by atoms with van der Waals surface area (Å²) < 4.78 is 0. The summed E-state index contributed by atoms with van der Waals surface area (Å²) in [4.78, 5) is 0. The first-order valence-corrected chi connectivity index (χ1v) is 11.4. The molecular formula is C31H34. The Morgan fingerprint density at radius 3 is 2.42 bits per heavy atom. The first-order chi connectivity index (χ1) is 15.2. The van der Waals surface area contributed by atoms with E-state index in [0.29, 0.717) is 5.92 Å². The maximum atomic E-state index is 4.50.